The summed E-state index contributed by atoms with van der Waals surface area (Å²) in [4.78, 5) is 21.9. The lowest BCUT2D eigenvalue weighted by Crippen LogP contribution is -2.42. The number of hydrogen-bond donors (Lipinski definition) is 3. The predicted molar refractivity (Wildman–Crippen MR) is 141 cm³/mol. The van der Waals surface area contributed by atoms with Crippen LogP contribution in [-0.4, -0.2) is 58.7 Å². The van der Waals surface area contributed by atoms with Gasteiger partial charge in [-0.15, -0.1) is 0 Å². The molecule has 11 nitrogen and oxygen atoms in total. The van der Waals surface area contributed by atoms with Crippen LogP contribution in [0.15, 0.2) is 67.4 Å². The van der Waals surface area contributed by atoms with E-state index in [1.165, 1.54) is 37.1 Å². The lowest BCUT2D eigenvalue weighted by Gasteiger charge is -2.22. The molecule has 4 N–H and O–H groups in total. The summed E-state index contributed by atoms with van der Waals surface area (Å²) in [5.74, 6) is -0.588. The Labute approximate surface area is 222 Å². The number of aliphatic hydroxyl groups is 1. The summed E-state index contributed by atoms with van der Waals surface area (Å²) in [6.07, 6.45) is 5.99. The average molecular weight is 526 g/mol. The van der Waals surface area contributed by atoms with Crippen LogP contribution < -0.4 is 11.1 Å². The molecule has 0 saturated carbocycles. The fourth-order valence-electron chi connectivity index (χ4n) is 3.89. The van der Waals surface area contributed by atoms with Crippen molar-refractivity contribution in [2.45, 2.75) is 25.6 Å². The molecule has 5 aromatic heterocycles. The SMILES string of the molecule is CC(C)(O)C(F)CNC(=O)c1cnc(-c2ccc3cc(C#N)cnn23)cc1-n1cc(-c2ccc(N)cn2)cn1. The Morgan fingerprint density at radius 1 is 1.13 bits per heavy atom. The third-order valence-electron chi connectivity index (χ3n) is 6.14. The van der Waals surface area contributed by atoms with Crippen LogP contribution >= 0.6 is 0 Å². The largest absolute Gasteiger partial charge is 0.397 e. The molecular formula is C27H24FN9O2. The van der Waals surface area contributed by atoms with Crippen molar-refractivity contribution in [2.24, 2.45) is 0 Å². The van der Waals surface area contributed by atoms with Gasteiger partial charge in [0.25, 0.3) is 5.91 Å². The van der Waals surface area contributed by atoms with Crippen LogP contribution in [-0.2, 0) is 0 Å². The van der Waals surface area contributed by atoms with Gasteiger partial charge in [0, 0.05) is 18.0 Å². The molecule has 0 aromatic carbocycles. The Bertz CT molecular complexity index is 1710. The van der Waals surface area contributed by atoms with Crippen molar-refractivity contribution in [3.05, 3.63) is 78.5 Å². The number of aromatic nitrogens is 6. The van der Waals surface area contributed by atoms with Crippen LogP contribution in [0.2, 0.25) is 0 Å². The Morgan fingerprint density at radius 2 is 1.92 bits per heavy atom. The highest BCUT2D eigenvalue weighted by molar-refractivity contribution is 5.98. The van der Waals surface area contributed by atoms with Crippen molar-refractivity contribution in [2.75, 3.05) is 12.3 Å². The molecule has 5 heterocycles. The molecule has 0 radical (unpaired) electrons. The molecule has 1 atom stereocenters. The predicted octanol–water partition coefficient (Wildman–Crippen LogP) is 2.94. The van der Waals surface area contributed by atoms with Gasteiger partial charge in [-0.2, -0.15) is 15.5 Å². The smallest absolute Gasteiger partial charge is 0.255 e. The van der Waals surface area contributed by atoms with E-state index >= 15 is 0 Å². The molecule has 0 bridgehead atoms. The standard InChI is InChI=1S/C27H24FN9O2/c1-27(2,39)25(28)14-33-26(38)20-13-32-22(23-6-4-19-7-16(9-29)10-35-37(19)23)8-24(20)36-15-17(11-34-36)21-5-3-18(30)12-31-21/h3-8,10-13,15,25,39H,14,30H2,1-2H3,(H,33,38). The van der Waals surface area contributed by atoms with E-state index in [9.17, 15) is 19.6 Å². The summed E-state index contributed by atoms with van der Waals surface area (Å²) in [5.41, 5.74) is 8.73. The molecule has 0 aliphatic heterocycles. The Hall–Kier alpha value is -5.15. The highest BCUT2D eigenvalue weighted by Crippen LogP contribution is 2.26. The van der Waals surface area contributed by atoms with Crippen LogP contribution in [0, 0.1) is 11.3 Å². The molecule has 196 valence electrons. The second-order valence-corrected chi connectivity index (χ2v) is 9.48. The summed E-state index contributed by atoms with van der Waals surface area (Å²) in [7, 11) is 0. The van der Waals surface area contributed by atoms with Crippen molar-refractivity contribution in [3.8, 4) is 34.4 Å². The van der Waals surface area contributed by atoms with Gasteiger partial charge in [-0.3, -0.25) is 14.8 Å². The van der Waals surface area contributed by atoms with Crippen LogP contribution in [0.5, 0.6) is 0 Å². The Morgan fingerprint density at radius 3 is 2.64 bits per heavy atom. The minimum atomic E-state index is -1.68. The van der Waals surface area contributed by atoms with E-state index in [4.69, 9.17) is 5.73 Å². The van der Waals surface area contributed by atoms with Gasteiger partial charge >= 0.3 is 0 Å². The highest BCUT2D eigenvalue weighted by atomic mass is 19.1. The number of carbonyl (C=O) groups is 1. The number of alkyl halides is 1. The third-order valence-corrected chi connectivity index (χ3v) is 6.14. The monoisotopic (exact) mass is 525 g/mol. The van der Waals surface area contributed by atoms with Crippen molar-refractivity contribution in [1.82, 2.24) is 34.7 Å². The second-order valence-electron chi connectivity index (χ2n) is 9.48. The lowest BCUT2D eigenvalue weighted by atomic mass is 10.0. The van der Waals surface area contributed by atoms with E-state index in [1.54, 1.807) is 47.2 Å². The molecular weight excluding hydrogens is 501 g/mol. The van der Waals surface area contributed by atoms with E-state index < -0.39 is 24.2 Å². The van der Waals surface area contributed by atoms with Gasteiger partial charge in [0.15, 0.2) is 0 Å². The van der Waals surface area contributed by atoms with E-state index in [-0.39, 0.29) is 5.56 Å². The summed E-state index contributed by atoms with van der Waals surface area (Å²) in [6.45, 7) is 2.27. The minimum Gasteiger partial charge on any atom is -0.397 e. The fourth-order valence-corrected chi connectivity index (χ4v) is 3.89. The van der Waals surface area contributed by atoms with Crippen molar-refractivity contribution >= 4 is 17.1 Å². The molecule has 5 aromatic rings. The normalized spacial score (nSPS) is 12.3. The molecule has 12 heteroatoms. The number of hydrogen-bond acceptors (Lipinski definition) is 8. The molecule has 0 spiro atoms. The summed E-state index contributed by atoms with van der Waals surface area (Å²) >= 11 is 0. The molecule has 0 saturated heterocycles. The summed E-state index contributed by atoms with van der Waals surface area (Å²) in [5, 5.41) is 30.4. The number of pyridine rings is 2. The van der Waals surface area contributed by atoms with Gasteiger partial charge in [-0.25, -0.2) is 13.6 Å². The maximum Gasteiger partial charge on any atom is 0.255 e. The number of rotatable bonds is 7. The Kier molecular flexibility index (Phi) is 6.51. The Balaban J connectivity index is 1.57. The quantitative estimate of drug-likeness (QED) is 0.292. The zero-order valence-corrected chi connectivity index (χ0v) is 21.1. The van der Waals surface area contributed by atoms with E-state index in [0.717, 1.165) is 0 Å². The lowest BCUT2D eigenvalue weighted by molar-refractivity contribution is -0.00178. The average Bonchev–Trinajstić information content (AvgIpc) is 3.58. The van der Waals surface area contributed by atoms with Gasteiger partial charge < -0.3 is 16.2 Å². The maximum absolute atomic E-state index is 14.3. The molecule has 1 unspecified atom stereocenters. The number of nitrogens with two attached hydrogens (primary N) is 1. The molecule has 39 heavy (non-hydrogen) atoms. The number of anilines is 1. The minimum absolute atomic E-state index is 0.141. The van der Waals surface area contributed by atoms with Gasteiger partial charge in [-0.1, -0.05) is 0 Å². The van der Waals surface area contributed by atoms with Gasteiger partial charge in [0.05, 0.1) is 75.8 Å². The fraction of sp³-hybridized carbons (Fsp3) is 0.185. The van der Waals surface area contributed by atoms with E-state index in [1.807, 2.05) is 6.07 Å². The zero-order valence-electron chi connectivity index (χ0n) is 21.1. The number of nitrogens with one attached hydrogen (secondary N) is 1. The number of nitriles is 1. The first-order valence-corrected chi connectivity index (χ1v) is 11.9. The van der Waals surface area contributed by atoms with Crippen molar-refractivity contribution in [3.63, 3.8) is 0 Å². The van der Waals surface area contributed by atoms with Gasteiger partial charge in [0.2, 0.25) is 0 Å². The first kappa shape index (κ1) is 25.5. The third kappa shape index (κ3) is 5.16. The van der Waals surface area contributed by atoms with Crippen LogP contribution in [0.3, 0.4) is 0 Å². The van der Waals surface area contributed by atoms with Crippen LogP contribution in [0.4, 0.5) is 10.1 Å². The number of amides is 1. The molecule has 5 rings (SSSR count). The zero-order chi connectivity index (χ0) is 27.7. The van der Waals surface area contributed by atoms with Crippen LogP contribution in [0.1, 0.15) is 29.8 Å². The topological polar surface area (TPSA) is 160 Å². The van der Waals surface area contributed by atoms with Crippen molar-refractivity contribution < 1.29 is 14.3 Å². The summed E-state index contributed by atoms with van der Waals surface area (Å²) < 4.78 is 17.5. The molecule has 0 aliphatic carbocycles. The number of fused-ring (bicyclic) bond motifs is 1. The first-order valence-electron chi connectivity index (χ1n) is 11.9. The number of halogens is 1. The number of carbonyl (C=O) groups excluding carboxylic acids is 1. The maximum atomic E-state index is 14.3. The van der Waals surface area contributed by atoms with Gasteiger partial charge in [-0.05, 0) is 50.2 Å². The molecule has 1 amide bonds. The van der Waals surface area contributed by atoms with Gasteiger partial charge in [0.1, 0.15) is 12.2 Å². The van der Waals surface area contributed by atoms with Crippen LogP contribution in [0.25, 0.3) is 33.8 Å². The summed E-state index contributed by atoms with van der Waals surface area (Å²) in [6, 6.07) is 12.5. The molecule has 0 fully saturated rings. The highest BCUT2D eigenvalue weighted by Gasteiger charge is 2.27. The second kappa shape index (κ2) is 9.96. The molecule has 0 aliphatic rings. The van der Waals surface area contributed by atoms with E-state index in [2.05, 4.69) is 31.6 Å². The first-order chi connectivity index (χ1) is 18.6. The number of nitrogens with zero attached hydrogens (tertiary/aromatic N) is 7. The van der Waals surface area contributed by atoms with E-state index in [0.29, 0.717) is 45.1 Å². The number of nitrogen functional groups attached to an aromatic ring is 1. The van der Waals surface area contributed by atoms with Crippen molar-refractivity contribution in [1.29, 1.82) is 5.26 Å².